The van der Waals surface area contributed by atoms with E-state index < -0.39 is 0 Å². The Morgan fingerprint density at radius 2 is 2.24 bits per heavy atom. The van der Waals surface area contributed by atoms with Crippen LogP contribution in [-0.2, 0) is 11.4 Å². The van der Waals surface area contributed by atoms with Crippen molar-refractivity contribution in [3.8, 4) is 5.75 Å². The highest BCUT2D eigenvalue weighted by Crippen LogP contribution is 2.14. The summed E-state index contributed by atoms with van der Waals surface area (Å²) in [5.74, 6) is 0.575. The highest BCUT2D eigenvalue weighted by atomic mass is 16.5. The molecule has 1 heterocycles. The summed E-state index contributed by atoms with van der Waals surface area (Å²) in [7, 11) is 0. The number of aromatic nitrogens is 1. The molecule has 0 fully saturated rings. The van der Waals surface area contributed by atoms with Gasteiger partial charge in [-0.15, -0.1) is 0 Å². The molecule has 1 aromatic carbocycles. The predicted octanol–water partition coefficient (Wildman–Crippen LogP) is 2.29. The maximum absolute atomic E-state index is 11.8. The van der Waals surface area contributed by atoms with Crippen LogP contribution in [0.3, 0.4) is 0 Å². The molecule has 2 aromatic rings. The molecule has 5 nitrogen and oxygen atoms in total. The van der Waals surface area contributed by atoms with E-state index in [-0.39, 0.29) is 18.9 Å². The van der Waals surface area contributed by atoms with Crippen LogP contribution in [0.2, 0.25) is 0 Å². The lowest BCUT2D eigenvalue weighted by Crippen LogP contribution is -2.16. The Bertz CT molecular complexity index is 614. The molecule has 0 unspecified atom stereocenters. The molecule has 1 amide bonds. The molecule has 21 heavy (non-hydrogen) atoms. The molecule has 2 rings (SSSR count). The molecule has 0 saturated heterocycles. The Kier molecular flexibility index (Phi) is 5.29. The van der Waals surface area contributed by atoms with Crippen molar-refractivity contribution in [3.63, 3.8) is 0 Å². The summed E-state index contributed by atoms with van der Waals surface area (Å²) in [6, 6.07) is 9.34. The molecule has 0 atom stereocenters. The van der Waals surface area contributed by atoms with Gasteiger partial charge in [0.05, 0.1) is 31.5 Å². The molecule has 0 aliphatic rings. The zero-order valence-electron chi connectivity index (χ0n) is 11.9. The van der Waals surface area contributed by atoms with Gasteiger partial charge in [0, 0.05) is 11.8 Å². The lowest BCUT2D eigenvalue weighted by atomic mass is 10.2. The second-order valence-electron chi connectivity index (χ2n) is 4.65. The van der Waals surface area contributed by atoms with Gasteiger partial charge in [0.15, 0.2) is 0 Å². The smallest absolute Gasteiger partial charge is 0.227 e. The number of pyridine rings is 1. The number of amides is 1. The van der Waals surface area contributed by atoms with E-state index in [1.165, 1.54) is 6.20 Å². The van der Waals surface area contributed by atoms with Crippen molar-refractivity contribution in [3.05, 3.63) is 53.9 Å². The van der Waals surface area contributed by atoms with Crippen LogP contribution < -0.4 is 10.1 Å². The summed E-state index contributed by atoms with van der Waals surface area (Å²) < 4.78 is 5.53. The van der Waals surface area contributed by atoms with E-state index in [0.717, 1.165) is 11.3 Å². The van der Waals surface area contributed by atoms with Gasteiger partial charge in [-0.2, -0.15) is 0 Å². The SMILES string of the molecule is Cc1cccc(OCCC(=O)Nc2cnccc2CO)c1. The Hall–Kier alpha value is -2.40. The van der Waals surface area contributed by atoms with Crippen LogP contribution in [0.15, 0.2) is 42.7 Å². The summed E-state index contributed by atoms with van der Waals surface area (Å²) in [5.41, 5.74) is 2.28. The van der Waals surface area contributed by atoms with Crippen LogP contribution in [0.5, 0.6) is 5.75 Å². The predicted molar refractivity (Wildman–Crippen MR) is 80.1 cm³/mol. The first-order valence-electron chi connectivity index (χ1n) is 6.72. The summed E-state index contributed by atoms with van der Waals surface area (Å²) >= 11 is 0. The van der Waals surface area contributed by atoms with Crippen LogP contribution in [0, 0.1) is 6.92 Å². The Labute approximate surface area is 123 Å². The number of hydrogen-bond donors (Lipinski definition) is 2. The fraction of sp³-hybridized carbons (Fsp3) is 0.250. The van der Waals surface area contributed by atoms with Gasteiger partial charge in [-0.25, -0.2) is 0 Å². The maximum atomic E-state index is 11.8. The zero-order chi connectivity index (χ0) is 15.1. The molecule has 1 aromatic heterocycles. The third-order valence-corrected chi connectivity index (χ3v) is 2.94. The van der Waals surface area contributed by atoms with Gasteiger partial charge >= 0.3 is 0 Å². The van der Waals surface area contributed by atoms with Crippen LogP contribution in [0.4, 0.5) is 5.69 Å². The highest BCUT2D eigenvalue weighted by molar-refractivity contribution is 5.91. The van der Waals surface area contributed by atoms with E-state index >= 15 is 0 Å². The van der Waals surface area contributed by atoms with Crippen molar-refractivity contribution in [2.75, 3.05) is 11.9 Å². The van der Waals surface area contributed by atoms with Crippen LogP contribution in [0.1, 0.15) is 17.5 Å². The molecular formula is C16H18N2O3. The normalized spacial score (nSPS) is 10.2. The number of aliphatic hydroxyl groups is 1. The average molecular weight is 286 g/mol. The molecule has 0 spiro atoms. The Morgan fingerprint density at radius 3 is 3.00 bits per heavy atom. The lowest BCUT2D eigenvalue weighted by Gasteiger charge is -2.09. The number of anilines is 1. The molecule has 110 valence electrons. The number of nitrogens with one attached hydrogen (secondary N) is 1. The number of aliphatic hydroxyl groups excluding tert-OH is 1. The molecule has 2 N–H and O–H groups in total. The zero-order valence-corrected chi connectivity index (χ0v) is 11.9. The minimum Gasteiger partial charge on any atom is -0.493 e. The highest BCUT2D eigenvalue weighted by Gasteiger charge is 2.06. The average Bonchev–Trinajstić information content (AvgIpc) is 2.48. The van der Waals surface area contributed by atoms with Crippen molar-refractivity contribution in [1.82, 2.24) is 4.98 Å². The minimum absolute atomic E-state index is 0.141. The van der Waals surface area contributed by atoms with E-state index in [0.29, 0.717) is 17.9 Å². The lowest BCUT2D eigenvalue weighted by molar-refractivity contribution is -0.116. The fourth-order valence-electron chi connectivity index (χ4n) is 1.85. The van der Waals surface area contributed by atoms with Gasteiger partial charge < -0.3 is 15.2 Å². The molecule has 0 bridgehead atoms. The molecule has 0 aliphatic carbocycles. The van der Waals surface area contributed by atoms with Gasteiger partial charge in [0.25, 0.3) is 0 Å². The second kappa shape index (κ2) is 7.40. The number of ether oxygens (including phenoxy) is 1. The number of hydrogen-bond acceptors (Lipinski definition) is 4. The summed E-state index contributed by atoms with van der Waals surface area (Å²) in [4.78, 5) is 15.8. The van der Waals surface area contributed by atoms with Gasteiger partial charge in [-0.1, -0.05) is 12.1 Å². The number of carbonyl (C=O) groups excluding carboxylic acids is 1. The van der Waals surface area contributed by atoms with Crippen molar-refractivity contribution < 1.29 is 14.6 Å². The molecule has 0 aliphatic heterocycles. The quantitative estimate of drug-likeness (QED) is 0.854. The first-order chi connectivity index (χ1) is 10.2. The van der Waals surface area contributed by atoms with Gasteiger partial charge in [0.2, 0.25) is 5.91 Å². The van der Waals surface area contributed by atoms with Crippen molar-refractivity contribution >= 4 is 11.6 Å². The van der Waals surface area contributed by atoms with Gasteiger partial charge in [-0.3, -0.25) is 9.78 Å². The van der Waals surface area contributed by atoms with Crippen molar-refractivity contribution in [2.45, 2.75) is 20.0 Å². The Morgan fingerprint density at radius 1 is 1.38 bits per heavy atom. The van der Waals surface area contributed by atoms with Crippen LogP contribution in [0.25, 0.3) is 0 Å². The Balaban J connectivity index is 1.82. The van der Waals surface area contributed by atoms with Gasteiger partial charge in [0.1, 0.15) is 5.75 Å². The van der Waals surface area contributed by atoms with E-state index in [4.69, 9.17) is 4.74 Å². The molecule has 0 saturated carbocycles. The fourth-order valence-corrected chi connectivity index (χ4v) is 1.85. The summed E-state index contributed by atoms with van der Waals surface area (Å²) in [6.07, 6.45) is 3.32. The topological polar surface area (TPSA) is 71.5 Å². The molecule has 0 radical (unpaired) electrons. The number of benzene rings is 1. The monoisotopic (exact) mass is 286 g/mol. The molecule has 5 heteroatoms. The van der Waals surface area contributed by atoms with E-state index in [2.05, 4.69) is 10.3 Å². The largest absolute Gasteiger partial charge is 0.493 e. The maximum Gasteiger partial charge on any atom is 0.227 e. The van der Waals surface area contributed by atoms with E-state index in [9.17, 15) is 9.90 Å². The summed E-state index contributed by atoms with van der Waals surface area (Å²) in [5, 5.41) is 11.9. The second-order valence-corrected chi connectivity index (χ2v) is 4.65. The first-order valence-corrected chi connectivity index (χ1v) is 6.72. The van der Waals surface area contributed by atoms with Crippen molar-refractivity contribution in [2.24, 2.45) is 0 Å². The number of carbonyl (C=O) groups is 1. The first kappa shape index (κ1) is 15.0. The van der Waals surface area contributed by atoms with Crippen molar-refractivity contribution in [1.29, 1.82) is 0 Å². The third-order valence-electron chi connectivity index (χ3n) is 2.94. The van der Waals surface area contributed by atoms with Crippen LogP contribution in [-0.4, -0.2) is 22.6 Å². The van der Waals surface area contributed by atoms with E-state index in [1.54, 1.807) is 12.3 Å². The summed E-state index contributed by atoms with van der Waals surface area (Å²) in [6.45, 7) is 2.14. The third kappa shape index (κ3) is 4.57. The number of rotatable bonds is 6. The number of nitrogens with zero attached hydrogens (tertiary/aromatic N) is 1. The van der Waals surface area contributed by atoms with Gasteiger partial charge in [-0.05, 0) is 30.7 Å². The molecular weight excluding hydrogens is 268 g/mol. The number of aryl methyl sites for hydroxylation is 1. The minimum atomic E-state index is -0.176. The van der Waals surface area contributed by atoms with Crippen LogP contribution >= 0.6 is 0 Å². The standard InChI is InChI=1S/C16H18N2O3/c1-12-3-2-4-14(9-12)21-8-6-16(20)18-15-10-17-7-5-13(15)11-19/h2-5,7,9-10,19H,6,8,11H2,1H3,(H,18,20). The van der Waals surface area contributed by atoms with E-state index in [1.807, 2.05) is 31.2 Å².